The number of hydrogen-bond donors (Lipinski definition) is 3. The van der Waals surface area contributed by atoms with Gasteiger partial charge in [-0.2, -0.15) is 13.2 Å². The van der Waals surface area contributed by atoms with Crippen LogP contribution in [0, 0.1) is 0 Å². The van der Waals surface area contributed by atoms with Gasteiger partial charge in [-0.05, 0) is 63.2 Å². The third-order valence-electron chi connectivity index (χ3n) is 5.40. The lowest BCUT2D eigenvalue weighted by atomic mass is 9.75. The average Bonchev–Trinajstić information content (AvgIpc) is 2.69. The Morgan fingerprint density at radius 1 is 1.03 bits per heavy atom. The van der Waals surface area contributed by atoms with Crippen molar-refractivity contribution in [3.63, 3.8) is 0 Å². The van der Waals surface area contributed by atoms with E-state index in [0.29, 0.717) is 18.5 Å². The molecule has 2 aromatic rings. The summed E-state index contributed by atoms with van der Waals surface area (Å²) in [5, 5.41) is 8.51. The Morgan fingerprint density at radius 2 is 1.69 bits per heavy atom. The Bertz CT molecular complexity index is 954. The molecule has 32 heavy (non-hydrogen) atoms. The molecule has 0 bridgehead atoms. The van der Waals surface area contributed by atoms with Gasteiger partial charge in [0.25, 0.3) is 0 Å². The number of nitrogens with zero attached hydrogens (tertiary/aromatic N) is 1. The first-order valence-electron chi connectivity index (χ1n) is 10.4. The zero-order valence-corrected chi connectivity index (χ0v) is 18.1. The molecule has 0 atom stereocenters. The monoisotopic (exact) mass is 448 g/mol. The van der Waals surface area contributed by atoms with Crippen LogP contribution in [-0.2, 0) is 22.3 Å². The van der Waals surface area contributed by atoms with Crippen molar-refractivity contribution in [3.8, 4) is 0 Å². The van der Waals surface area contributed by atoms with Crippen LogP contribution in [0.2, 0.25) is 0 Å². The van der Waals surface area contributed by atoms with Gasteiger partial charge in [0, 0.05) is 12.2 Å². The van der Waals surface area contributed by atoms with Crippen LogP contribution in [0.25, 0.3) is 0 Å². The molecule has 1 aliphatic carbocycles. The van der Waals surface area contributed by atoms with Gasteiger partial charge in [0.15, 0.2) is 0 Å². The Kier molecular flexibility index (Phi) is 7.08. The number of likely N-dealkylation sites (N-methyl/N-ethyl adjacent to an activating group) is 1. The summed E-state index contributed by atoms with van der Waals surface area (Å²) < 4.78 is 39.5. The first-order valence-corrected chi connectivity index (χ1v) is 10.4. The van der Waals surface area contributed by atoms with Crippen LogP contribution in [-0.4, -0.2) is 42.9 Å². The van der Waals surface area contributed by atoms with E-state index in [9.17, 15) is 22.8 Å². The lowest BCUT2D eigenvalue weighted by Gasteiger charge is -2.41. The Morgan fingerprint density at radius 3 is 2.25 bits per heavy atom. The molecule has 0 saturated heterocycles. The highest BCUT2D eigenvalue weighted by molar-refractivity contribution is 5.92. The predicted molar refractivity (Wildman–Crippen MR) is 116 cm³/mol. The van der Waals surface area contributed by atoms with Crippen LogP contribution in [0.3, 0.4) is 0 Å². The second-order valence-corrected chi connectivity index (χ2v) is 8.27. The van der Waals surface area contributed by atoms with E-state index in [1.807, 2.05) is 0 Å². The van der Waals surface area contributed by atoms with Crippen molar-refractivity contribution < 1.29 is 22.8 Å². The van der Waals surface area contributed by atoms with Crippen LogP contribution in [0.4, 0.5) is 24.5 Å². The molecule has 6 nitrogen and oxygen atoms in total. The summed E-state index contributed by atoms with van der Waals surface area (Å²) in [5.41, 5.74) is -0.333. The first-order chi connectivity index (χ1) is 15.1. The molecule has 1 saturated carbocycles. The van der Waals surface area contributed by atoms with Crippen LogP contribution in [0.15, 0.2) is 48.5 Å². The molecule has 0 aliphatic heterocycles. The van der Waals surface area contributed by atoms with Gasteiger partial charge >= 0.3 is 6.18 Å². The van der Waals surface area contributed by atoms with E-state index in [4.69, 9.17) is 0 Å². The highest BCUT2D eigenvalue weighted by atomic mass is 19.4. The van der Waals surface area contributed by atoms with Crippen molar-refractivity contribution in [2.45, 2.75) is 37.5 Å². The molecular weight excluding hydrogens is 421 g/mol. The molecule has 0 heterocycles. The number of anilines is 2. The highest BCUT2D eigenvalue weighted by Gasteiger charge is 2.45. The molecule has 0 spiro atoms. The summed E-state index contributed by atoms with van der Waals surface area (Å²) in [6.07, 6.45) is -2.39. The summed E-state index contributed by atoms with van der Waals surface area (Å²) in [6.45, 7) is 0.463. The SMILES string of the molecule is CN(C)CC(=O)NC1(C(=O)NCc2ccc(Nc3ccccc3C(F)(F)F)cc2)CCC1. The molecule has 1 aliphatic rings. The third-order valence-corrected chi connectivity index (χ3v) is 5.40. The third kappa shape index (κ3) is 5.79. The Hall–Kier alpha value is -3.07. The van der Waals surface area contributed by atoms with Gasteiger partial charge in [-0.25, -0.2) is 0 Å². The first kappa shape index (κ1) is 23.6. The number of para-hydroxylation sites is 1. The maximum atomic E-state index is 13.2. The minimum Gasteiger partial charge on any atom is -0.355 e. The lowest BCUT2D eigenvalue weighted by Crippen LogP contribution is -2.63. The van der Waals surface area contributed by atoms with Crippen molar-refractivity contribution >= 4 is 23.2 Å². The van der Waals surface area contributed by atoms with Gasteiger partial charge in [-0.1, -0.05) is 24.3 Å². The van der Waals surface area contributed by atoms with E-state index in [1.54, 1.807) is 43.3 Å². The Labute approximate surface area is 185 Å². The van der Waals surface area contributed by atoms with E-state index in [1.165, 1.54) is 18.2 Å². The zero-order chi connectivity index (χ0) is 23.4. The maximum absolute atomic E-state index is 13.2. The van der Waals surface area contributed by atoms with Crippen molar-refractivity contribution in [2.75, 3.05) is 26.0 Å². The van der Waals surface area contributed by atoms with Crippen LogP contribution >= 0.6 is 0 Å². The molecule has 172 valence electrons. The molecule has 0 radical (unpaired) electrons. The largest absolute Gasteiger partial charge is 0.418 e. The fraction of sp³-hybridized carbons (Fsp3) is 0.391. The van der Waals surface area contributed by atoms with E-state index >= 15 is 0 Å². The van der Waals surface area contributed by atoms with Crippen LogP contribution in [0.5, 0.6) is 0 Å². The van der Waals surface area contributed by atoms with E-state index in [2.05, 4.69) is 16.0 Å². The minimum absolute atomic E-state index is 0.0264. The number of amides is 2. The number of carbonyl (C=O) groups excluding carboxylic acids is 2. The summed E-state index contributed by atoms with van der Waals surface area (Å²) in [6, 6.07) is 12.1. The molecule has 1 fully saturated rings. The summed E-state index contributed by atoms with van der Waals surface area (Å²) in [5.74, 6) is -0.420. The van der Waals surface area contributed by atoms with Crippen molar-refractivity contribution in [1.29, 1.82) is 0 Å². The average molecular weight is 448 g/mol. The standard InChI is InChI=1S/C23H27F3N4O2/c1-30(2)15-20(31)29-22(12-5-13-22)21(32)27-14-16-8-10-17(11-9-16)28-19-7-4-3-6-18(19)23(24,25)26/h3-4,6-11,28H,5,12-15H2,1-2H3,(H,27,32)(H,29,31). The Balaban J connectivity index is 1.58. The highest BCUT2D eigenvalue weighted by Crippen LogP contribution is 2.36. The summed E-state index contributed by atoms with van der Waals surface area (Å²) in [7, 11) is 3.57. The number of halogens is 3. The van der Waals surface area contributed by atoms with Gasteiger partial charge in [0.05, 0.1) is 17.8 Å². The molecule has 9 heteroatoms. The van der Waals surface area contributed by atoms with Gasteiger partial charge in [-0.3, -0.25) is 9.59 Å². The van der Waals surface area contributed by atoms with Gasteiger partial charge < -0.3 is 20.9 Å². The molecule has 3 rings (SSSR count). The number of nitrogens with one attached hydrogen (secondary N) is 3. The molecule has 2 amide bonds. The summed E-state index contributed by atoms with van der Waals surface area (Å²) in [4.78, 5) is 26.6. The maximum Gasteiger partial charge on any atom is 0.418 e. The molecular formula is C23H27F3N4O2. The fourth-order valence-corrected chi connectivity index (χ4v) is 3.59. The summed E-state index contributed by atoms with van der Waals surface area (Å²) >= 11 is 0. The smallest absolute Gasteiger partial charge is 0.355 e. The zero-order valence-electron chi connectivity index (χ0n) is 18.1. The topological polar surface area (TPSA) is 73.5 Å². The van der Waals surface area contributed by atoms with Crippen molar-refractivity contribution in [1.82, 2.24) is 15.5 Å². The number of rotatable bonds is 8. The normalized spacial score (nSPS) is 15.1. The van der Waals surface area contributed by atoms with E-state index < -0.39 is 17.3 Å². The van der Waals surface area contributed by atoms with Gasteiger partial charge in [0.2, 0.25) is 11.8 Å². The molecule has 0 unspecified atom stereocenters. The molecule has 3 N–H and O–H groups in total. The molecule has 0 aromatic heterocycles. The van der Waals surface area contributed by atoms with Crippen molar-refractivity contribution in [2.24, 2.45) is 0 Å². The number of carbonyl (C=O) groups is 2. The van der Waals surface area contributed by atoms with Gasteiger partial charge in [-0.15, -0.1) is 0 Å². The molecule has 2 aromatic carbocycles. The van der Waals surface area contributed by atoms with E-state index in [-0.39, 0.29) is 30.6 Å². The lowest BCUT2D eigenvalue weighted by molar-refractivity contribution is -0.137. The second-order valence-electron chi connectivity index (χ2n) is 8.27. The predicted octanol–water partition coefficient (Wildman–Crippen LogP) is 3.67. The van der Waals surface area contributed by atoms with Crippen LogP contribution in [0.1, 0.15) is 30.4 Å². The number of benzene rings is 2. The second kappa shape index (κ2) is 9.60. The quantitative estimate of drug-likeness (QED) is 0.576. The van der Waals surface area contributed by atoms with Crippen molar-refractivity contribution in [3.05, 3.63) is 59.7 Å². The number of alkyl halides is 3. The van der Waals surface area contributed by atoms with Gasteiger partial charge in [0.1, 0.15) is 5.54 Å². The van der Waals surface area contributed by atoms with E-state index in [0.717, 1.165) is 18.1 Å². The number of hydrogen-bond acceptors (Lipinski definition) is 4. The minimum atomic E-state index is -4.45. The van der Waals surface area contributed by atoms with Crippen LogP contribution < -0.4 is 16.0 Å². The fourth-order valence-electron chi connectivity index (χ4n) is 3.59.